The van der Waals surface area contributed by atoms with Crippen molar-refractivity contribution < 1.29 is 13.2 Å². The number of hydrogen-bond donors (Lipinski definition) is 2. The van der Waals surface area contributed by atoms with Gasteiger partial charge in [-0.15, -0.1) is 0 Å². The number of methoxy groups -OCH3 is 1. The first kappa shape index (κ1) is 24.5. The third-order valence-corrected chi connectivity index (χ3v) is 7.55. The minimum atomic E-state index is -3.11. The van der Waals surface area contributed by atoms with Crippen molar-refractivity contribution in [3.05, 3.63) is 29.8 Å². The predicted molar refractivity (Wildman–Crippen MR) is 124 cm³/mol. The lowest BCUT2D eigenvalue weighted by Crippen LogP contribution is -2.50. The van der Waals surface area contributed by atoms with Crippen LogP contribution in [-0.4, -0.2) is 63.8 Å². The van der Waals surface area contributed by atoms with Gasteiger partial charge in [0.25, 0.3) is 0 Å². The maximum atomic E-state index is 12.3. The quantitative estimate of drug-likeness (QED) is 0.458. The Balaban J connectivity index is 1.99. The van der Waals surface area contributed by atoms with Crippen LogP contribution in [0.2, 0.25) is 0 Å². The zero-order chi connectivity index (χ0) is 22.2. The molecule has 0 radical (unpaired) electrons. The number of nitrogens with zero attached hydrogens (tertiary/aromatic N) is 2. The molecular formula is C22H38N4O3S. The van der Waals surface area contributed by atoms with E-state index in [2.05, 4.69) is 36.6 Å². The average molecular weight is 439 g/mol. The van der Waals surface area contributed by atoms with Gasteiger partial charge >= 0.3 is 0 Å². The van der Waals surface area contributed by atoms with Gasteiger partial charge in [0.05, 0.1) is 19.4 Å². The first-order valence-corrected chi connectivity index (χ1v) is 12.5. The largest absolute Gasteiger partial charge is 0.497 e. The molecule has 0 saturated carbocycles. The van der Waals surface area contributed by atoms with Gasteiger partial charge in [0.15, 0.2) is 5.96 Å². The smallest absolute Gasteiger partial charge is 0.214 e. The molecule has 1 heterocycles. The van der Waals surface area contributed by atoms with Crippen molar-refractivity contribution in [2.45, 2.75) is 58.4 Å². The van der Waals surface area contributed by atoms with E-state index in [0.29, 0.717) is 26.1 Å². The Morgan fingerprint density at radius 3 is 2.57 bits per heavy atom. The van der Waals surface area contributed by atoms with Gasteiger partial charge in [0, 0.05) is 31.1 Å². The number of nitrogens with one attached hydrogen (secondary N) is 2. The lowest BCUT2D eigenvalue weighted by Gasteiger charge is -2.32. The second-order valence-electron chi connectivity index (χ2n) is 8.44. The van der Waals surface area contributed by atoms with E-state index in [1.54, 1.807) is 11.4 Å². The van der Waals surface area contributed by atoms with E-state index >= 15 is 0 Å². The van der Waals surface area contributed by atoms with Crippen LogP contribution < -0.4 is 15.4 Å². The molecule has 1 aliphatic heterocycles. The fourth-order valence-corrected chi connectivity index (χ4v) is 5.13. The minimum absolute atomic E-state index is 0.144. The summed E-state index contributed by atoms with van der Waals surface area (Å²) in [4.78, 5) is 4.83. The summed E-state index contributed by atoms with van der Waals surface area (Å²) < 4.78 is 31.5. The van der Waals surface area contributed by atoms with E-state index in [1.807, 2.05) is 26.0 Å². The van der Waals surface area contributed by atoms with E-state index in [0.717, 1.165) is 31.1 Å². The number of hydrogen-bond acceptors (Lipinski definition) is 4. The zero-order valence-electron chi connectivity index (χ0n) is 19.1. The standard InChI is InChI=1S/C22H38N4O3S/c1-6-15-30(27,28)26-13-11-19(12-14-26)25-21(23-7-2)24-17-22(3,4)18-9-8-10-20(16-18)29-5/h8-10,16,19H,6-7,11-15,17H2,1-5H3,(H2,23,24,25). The normalized spacial score (nSPS) is 17.0. The number of benzene rings is 1. The van der Waals surface area contributed by atoms with Gasteiger partial charge in [-0.2, -0.15) is 0 Å². The van der Waals surface area contributed by atoms with E-state index in [-0.39, 0.29) is 17.2 Å². The van der Waals surface area contributed by atoms with Gasteiger partial charge in [-0.25, -0.2) is 12.7 Å². The van der Waals surface area contributed by atoms with Crippen molar-refractivity contribution in [1.82, 2.24) is 14.9 Å². The van der Waals surface area contributed by atoms with Gasteiger partial charge in [-0.3, -0.25) is 4.99 Å². The van der Waals surface area contributed by atoms with E-state index in [4.69, 9.17) is 9.73 Å². The van der Waals surface area contributed by atoms with Crippen LogP contribution in [0.15, 0.2) is 29.3 Å². The van der Waals surface area contributed by atoms with Crippen LogP contribution in [0, 0.1) is 0 Å². The summed E-state index contributed by atoms with van der Waals surface area (Å²) in [6.07, 6.45) is 2.22. The zero-order valence-corrected chi connectivity index (χ0v) is 19.9. The molecule has 8 heteroatoms. The molecule has 0 bridgehead atoms. The van der Waals surface area contributed by atoms with Gasteiger partial charge < -0.3 is 15.4 Å². The van der Waals surface area contributed by atoms with E-state index in [1.165, 1.54) is 5.56 Å². The van der Waals surface area contributed by atoms with Crippen LogP contribution in [0.3, 0.4) is 0 Å². The molecule has 2 rings (SSSR count). The maximum Gasteiger partial charge on any atom is 0.214 e. The van der Waals surface area contributed by atoms with Gasteiger partial charge in [0.1, 0.15) is 5.75 Å². The van der Waals surface area contributed by atoms with Crippen molar-refractivity contribution in [3.8, 4) is 5.75 Å². The maximum absolute atomic E-state index is 12.3. The minimum Gasteiger partial charge on any atom is -0.497 e. The molecule has 1 saturated heterocycles. The van der Waals surface area contributed by atoms with Crippen molar-refractivity contribution in [3.63, 3.8) is 0 Å². The summed E-state index contributed by atoms with van der Waals surface area (Å²) in [6, 6.07) is 8.33. The first-order chi connectivity index (χ1) is 14.2. The molecule has 1 aliphatic rings. The molecular weight excluding hydrogens is 400 g/mol. The van der Waals surface area contributed by atoms with Crippen molar-refractivity contribution in [1.29, 1.82) is 0 Å². The highest BCUT2D eigenvalue weighted by atomic mass is 32.2. The summed E-state index contributed by atoms with van der Waals surface area (Å²) in [5.74, 6) is 1.86. The monoisotopic (exact) mass is 438 g/mol. The van der Waals surface area contributed by atoms with Crippen molar-refractivity contribution >= 4 is 16.0 Å². The second kappa shape index (κ2) is 11.0. The number of aliphatic imine (C=N–C) groups is 1. The van der Waals surface area contributed by atoms with Crippen molar-refractivity contribution in [2.24, 2.45) is 4.99 Å². The molecule has 0 aliphatic carbocycles. The van der Waals surface area contributed by atoms with Crippen LogP contribution in [-0.2, 0) is 15.4 Å². The van der Waals surface area contributed by atoms with Crippen LogP contribution in [0.4, 0.5) is 0 Å². The molecule has 0 amide bonds. The Morgan fingerprint density at radius 2 is 1.97 bits per heavy atom. The lowest BCUT2D eigenvalue weighted by molar-refractivity contribution is 0.306. The molecule has 1 aromatic rings. The van der Waals surface area contributed by atoms with Crippen molar-refractivity contribution in [2.75, 3.05) is 39.0 Å². The molecule has 7 nitrogen and oxygen atoms in total. The topological polar surface area (TPSA) is 83.0 Å². The molecule has 2 N–H and O–H groups in total. The average Bonchev–Trinajstić information content (AvgIpc) is 2.72. The number of ether oxygens (including phenoxy) is 1. The highest BCUT2D eigenvalue weighted by Gasteiger charge is 2.28. The summed E-state index contributed by atoms with van der Waals surface area (Å²) in [7, 11) is -1.44. The van der Waals surface area contributed by atoms with Crippen LogP contribution in [0.1, 0.15) is 52.5 Å². The fourth-order valence-electron chi connectivity index (χ4n) is 3.59. The van der Waals surface area contributed by atoms with E-state index in [9.17, 15) is 8.42 Å². The molecule has 1 fully saturated rings. The number of guanidine groups is 1. The summed E-state index contributed by atoms with van der Waals surface area (Å²) in [6.45, 7) is 10.8. The Morgan fingerprint density at radius 1 is 1.27 bits per heavy atom. The van der Waals surface area contributed by atoms with Crippen LogP contribution in [0.5, 0.6) is 5.75 Å². The number of sulfonamides is 1. The Hall–Kier alpha value is -1.80. The van der Waals surface area contributed by atoms with E-state index < -0.39 is 10.0 Å². The second-order valence-corrected chi connectivity index (χ2v) is 10.5. The third kappa shape index (κ3) is 6.87. The highest BCUT2D eigenvalue weighted by Crippen LogP contribution is 2.26. The summed E-state index contributed by atoms with van der Waals surface area (Å²) >= 11 is 0. The number of rotatable bonds is 9. The highest BCUT2D eigenvalue weighted by molar-refractivity contribution is 7.89. The summed E-state index contributed by atoms with van der Waals surface area (Å²) in [5, 5.41) is 6.82. The molecule has 170 valence electrons. The molecule has 0 unspecified atom stereocenters. The molecule has 0 atom stereocenters. The van der Waals surface area contributed by atoms with Gasteiger partial charge in [0.2, 0.25) is 10.0 Å². The van der Waals surface area contributed by atoms with Gasteiger partial charge in [-0.1, -0.05) is 32.9 Å². The Labute approximate surface area is 182 Å². The molecule has 0 aromatic heterocycles. The molecule has 0 spiro atoms. The summed E-state index contributed by atoms with van der Waals surface area (Å²) in [5.41, 5.74) is 1.03. The Kier molecular flexibility index (Phi) is 8.97. The van der Waals surface area contributed by atoms with Gasteiger partial charge in [-0.05, 0) is 43.9 Å². The van der Waals surface area contributed by atoms with Crippen LogP contribution in [0.25, 0.3) is 0 Å². The first-order valence-electron chi connectivity index (χ1n) is 10.9. The number of piperidine rings is 1. The predicted octanol–water partition coefficient (Wildman–Crippen LogP) is 2.73. The Bertz CT molecular complexity index is 800. The molecule has 1 aromatic carbocycles. The lowest BCUT2D eigenvalue weighted by atomic mass is 9.84. The van der Waals surface area contributed by atoms with Crippen LogP contribution >= 0.6 is 0 Å². The SMILES string of the molecule is CCCS(=O)(=O)N1CCC(NC(=NCC(C)(C)c2cccc(OC)c2)NCC)CC1. The third-order valence-electron chi connectivity index (χ3n) is 5.48. The molecule has 30 heavy (non-hydrogen) atoms. The fraction of sp³-hybridized carbons (Fsp3) is 0.682.